The third kappa shape index (κ3) is 3.60. The summed E-state index contributed by atoms with van der Waals surface area (Å²) in [6.07, 6.45) is 0.879. The van der Waals surface area contributed by atoms with Crippen molar-refractivity contribution in [1.29, 1.82) is 0 Å². The molecular weight excluding hydrogens is 342 g/mol. The van der Waals surface area contributed by atoms with Gasteiger partial charge in [-0.25, -0.2) is 4.99 Å². The molecule has 3 N–H and O–H groups in total. The average molecular weight is 360 g/mol. The fraction of sp³-hybridized carbons (Fsp3) is 0.235. The zero-order valence-electron chi connectivity index (χ0n) is 12.1. The first kappa shape index (κ1) is 14.9. The molecule has 2 aromatic rings. The van der Waals surface area contributed by atoms with Crippen molar-refractivity contribution in [1.82, 2.24) is 5.32 Å². The molecule has 0 saturated heterocycles. The van der Waals surface area contributed by atoms with Crippen LogP contribution >= 0.6 is 15.9 Å². The molecule has 0 spiro atoms. The van der Waals surface area contributed by atoms with E-state index in [0.717, 1.165) is 27.8 Å². The first-order chi connectivity index (χ1) is 10.7. The van der Waals surface area contributed by atoms with Crippen LogP contribution in [0.1, 0.15) is 23.6 Å². The van der Waals surface area contributed by atoms with Crippen LogP contribution in [0, 0.1) is 0 Å². The SMILES string of the molecule is NC(=NCc1cccc(Br)c1)NC1CCOc2ccccc21. The van der Waals surface area contributed by atoms with Gasteiger partial charge in [-0.05, 0) is 23.8 Å². The number of nitrogens with zero attached hydrogens (tertiary/aromatic N) is 1. The van der Waals surface area contributed by atoms with Gasteiger partial charge >= 0.3 is 0 Å². The Morgan fingerprint density at radius 1 is 1.27 bits per heavy atom. The number of nitrogens with one attached hydrogen (secondary N) is 1. The molecule has 2 aromatic carbocycles. The molecule has 1 heterocycles. The molecule has 1 unspecified atom stereocenters. The lowest BCUT2D eigenvalue weighted by Gasteiger charge is -2.26. The summed E-state index contributed by atoms with van der Waals surface area (Å²) in [6.45, 7) is 1.25. The monoisotopic (exact) mass is 359 g/mol. The van der Waals surface area contributed by atoms with Crippen LogP contribution in [0.5, 0.6) is 5.75 Å². The van der Waals surface area contributed by atoms with Gasteiger partial charge in [0, 0.05) is 16.5 Å². The van der Waals surface area contributed by atoms with Crippen LogP contribution in [0.3, 0.4) is 0 Å². The molecule has 0 saturated carbocycles. The van der Waals surface area contributed by atoms with Gasteiger partial charge in [0.25, 0.3) is 0 Å². The van der Waals surface area contributed by atoms with Crippen molar-refractivity contribution in [2.75, 3.05) is 6.61 Å². The number of halogens is 1. The van der Waals surface area contributed by atoms with E-state index in [0.29, 0.717) is 19.1 Å². The molecule has 3 rings (SSSR count). The summed E-state index contributed by atoms with van der Waals surface area (Å²) in [5, 5.41) is 3.30. The number of guanidine groups is 1. The van der Waals surface area contributed by atoms with Crippen LogP contribution in [-0.2, 0) is 6.54 Å². The summed E-state index contributed by atoms with van der Waals surface area (Å²) >= 11 is 3.46. The molecule has 0 radical (unpaired) electrons. The summed E-state index contributed by atoms with van der Waals surface area (Å²) in [7, 11) is 0. The Hall–Kier alpha value is -2.01. The highest BCUT2D eigenvalue weighted by atomic mass is 79.9. The maximum atomic E-state index is 6.03. The normalized spacial score (nSPS) is 17.5. The van der Waals surface area contributed by atoms with E-state index in [-0.39, 0.29) is 6.04 Å². The van der Waals surface area contributed by atoms with E-state index >= 15 is 0 Å². The third-order valence-electron chi connectivity index (χ3n) is 3.60. The number of hydrogen-bond acceptors (Lipinski definition) is 2. The van der Waals surface area contributed by atoms with Crippen molar-refractivity contribution in [3.8, 4) is 5.75 Å². The van der Waals surface area contributed by atoms with E-state index < -0.39 is 0 Å². The number of fused-ring (bicyclic) bond motifs is 1. The van der Waals surface area contributed by atoms with Gasteiger partial charge in [0.05, 0.1) is 19.2 Å². The molecule has 0 bridgehead atoms. The Bertz CT molecular complexity index is 687. The van der Waals surface area contributed by atoms with Gasteiger partial charge in [-0.15, -0.1) is 0 Å². The Labute approximate surface area is 138 Å². The van der Waals surface area contributed by atoms with E-state index in [1.807, 2.05) is 42.5 Å². The van der Waals surface area contributed by atoms with E-state index in [2.05, 4.69) is 32.3 Å². The van der Waals surface area contributed by atoms with Gasteiger partial charge in [0.2, 0.25) is 0 Å². The minimum Gasteiger partial charge on any atom is -0.493 e. The van der Waals surface area contributed by atoms with Crippen molar-refractivity contribution in [2.45, 2.75) is 19.0 Å². The Morgan fingerprint density at radius 2 is 2.14 bits per heavy atom. The van der Waals surface area contributed by atoms with Gasteiger partial charge in [-0.3, -0.25) is 0 Å². The lowest BCUT2D eigenvalue weighted by Crippen LogP contribution is -2.37. The highest BCUT2D eigenvalue weighted by molar-refractivity contribution is 9.10. The highest BCUT2D eigenvalue weighted by Gasteiger charge is 2.21. The molecule has 0 amide bonds. The molecule has 0 fully saturated rings. The molecule has 0 aliphatic carbocycles. The Kier molecular flexibility index (Phi) is 4.63. The second-order valence-electron chi connectivity index (χ2n) is 5.20. The highest BCUT2D eigenvalue weighted by Crippen LogP contribution is 2.31. The van der Waals surface area contributed by atoms with Crippen LogP contribution in [0.25, 0.3) is 0 Å². The predicted molar refractivity (Wildman–Crippen MR) is 91.9 cm³/mol. The van der Waals surface area contributed by atoms with Crippen LogP contribution in [-0.4, -0.2) is 12.6 Å². The molecule has 0 aromatic heterocycles. The summed E-state index contributed by atoms with van der Waals surface area (Å²) in [6, 6.07) is 16.2. The van der Waals surface area contributed by atoms with E-state index in [1.165, 1.54) is 0 Å². The molecule has 1 atom stereocenters. The number of ether oxygens (including phenoxy) is 1. The van der Waals surface area contributed by atoms with E-state index in [1.54, 1.807) is 0 Å². The van der Waals surface area contributed by atoms with Crippen LogP contribution in [0.2, 0.25) is 0 Å². The summed E-state index contributed by atoms with van der Waals surface area (Å²) in [5.74, 6) is 1.38. The van der Waals surface area contributed by atoms with Gasteiger partial charge in [-0.2, -0.15) is 0 Å². The first-order valence-electron chi connectivity index (χ1n) is 7.25. The number of nitrogens with two attached hydrogens (primary N) is 1. The van der Waals surface area contributed by atoms with Gasteiger partial charge < -0.3 is 15.8 Å². The van der Waals surface area contributed by atoms with E-state index in [9.17, 15) is 0 Å². The summed E-state index contributed by atoms with van der Waals surface area (Å²) < 4.78 is 6.70. The molecular formula is C17H18BrN3O. The molecule has 22 heavy (non-hydrogen) atoms. The number of rotatable bonds is 3. The zero-order valence-corrected chi connectivity index (χ0v) is 13.7. The van der Waals surface area contributed by atoms with Crippen molar-refractivity contribution in [3.05, 3.63) is 64.1 Å². The van der Waals surface area contributed by atoms with Crippen molar-refractivity contribution in [2.24, 2.45) is 10.7 Å². The predicted octanol–water partition coefficient (Wildman–Crippen LogP) is 3.38. The maximum absolute atomic E-state index is 6.03. The largest absolute Gasteiger partial charge is 0.493 e. The first-order valence-corrected chi connectivity index (χ1v) is 8.04. The van der Waals surface area contributed by atoms with Crippen LogP contribution < -0.4 is 15.8 Å². The standard InChI is InChI=1S/C17H18BrN3O/c18-13-5-3-4-12(10-13)11-20-17(19)21-15-8-9-22-16-7-2-1-6-14(15)16/h1-7,10,15H,8-9,11H2,(H3,19,20,21). The summed E-state index contributed by atoms with van der Waals surface area (Å²) in [5.41, 5.74) is 8.28. The second-order valence-corrected chi connectivity index (χ2v) is 6.12. The minimum atomic E-state index is 0.149. The van der Waals surface area contributed by atoms with Gasteiger partial charge in [0.1, 0.15) is 5.75 Å². The van der Waals surface area contributed by atoms with Crippen LogP contribution in [0.15, 0.2) is 58.0 Å². The molecule has 5 heteroatoms. The van der Waals surface area contributed by atoms with Gasteiger partial charge in [0.15, 0.2) is 5.96 Å². The van der Waals surface area contributed by atoms with E-state index in [4.69, 9.17) is 10.5 Å². The molecule has 1 aliphatic heterocycles. The fourth-order valence-electron chi connectivity index (χ4n) is 2.53. The average Bonchev–Trinajstić information content (AvgIpc) is 2.53. The quantitative estimate of drug-likeness (QED) is 0.652. The number of hydrogen-bond donors (Lipinski definition) is 2. The lowest BCUT2D eigenvalue weighted by molar-refractivity contribution is 0.262. The van der Waals surface area contributed by atoms with Crippen LogP contribution in [0.4, 0.5) is 0 Å². The smallest absolute Gasteiger partial charge is 0.189 e. The van der Waals surface area contributed by atoms with Crippen molar-refractivity contribution < 1.29 is 4.74 Å². The molecule has 114 valence electrons. The Morgan fingerprint density at radius 3 is 3.00 bits per heavy atom. The van der Waals surface area contributed by atoms with Crippen molar-refractivity contribution in [3.63, 3.8) is 0 Å². The zero-order chi connectivity index (χ0) is 15.4. The fourth-order valence-corrected chi connectivity index (χ4v) is 2.97. The topological polar surface area (TPSA) is 59.6 Å². The number of benzene rings is 2. The van der Waals surface area contributed by atoms with Gasteiger partial charge in [-0.1, -0.05) is 46.3 Å². The third-order valence-corrected chi connectivity index (χ3v) is 4.09. The van der Waals surface area contributed by atoms with Crippen molar-refractivity contribution >= 4 is 21.9 Å². The second kappa shape index (κ2) is 6.83. The molecule has 4 nitrogen and oxygen atoms in total. The summed E-state index contributed by atoms with van der Waals surface area (Å²) in [4.78, 5) is 4.42. The Balaban J connectivity index is 1.67. The molecule has 1 aliphatic rings. The minimum absolute atomic E-state index is 0.149. The number of para-hydroxylation sites is 1. The number of aliphatic imine (C=N–C) groups is 1. The maximum Gasteiger partial charge on any atom is 0.189 e. The lowest BCUT2D eigenvalue weighted by atomic mass is 10.0.